The Balaban J connectivity index is 1.85. The molecule has 0 saturated carbocycles. The molecule has 0 spiro atoms. The minimum absolute atomic E-state index is 0.898. The summed E-state index contributed by atoms with van der Waals surface area (Å²) in [6, 6.07) is 7.72. The summed E-state index contributed by atoms with van der Waals surface area (Å²) in [4.78, 5) is 2.23. The molecule has 0 bridgehead atoms. The van der Waals surface area contributed by atoms with Crippen molar-refractivity contribution in [3.8, 4) is 0 Å². The smallest absolute Gasteiger partial charge is 0.141 e. The monoisotopic (exact) mass is 248 g/mol. The summed E-state index contributed by atoms with van der Waals surface area (Å²) in [5.41, 5.74) is 0. The second kappa shape index (κ2) is 4.31. The maximum absolute atomic E-state index is 5.38. The van der Waals surface area contributed by atoms with E-state index in [0.29, 0.717) is 0 Å². The number of thioether (sulfide) groups is 2. The van der Waals surface area contributed by atoms with Gasteiger partial charge in [-0.2, -0.15) is 0 Å². The van der Waals surface area contributed by atoms with Crippen LogP contribution in [-0.4, -0.2) is 0 Å². The molecular weight excluding hydrogens is 240 g/mol. The van der Waals surface area contributed by atoms with Crippen LogP contribution in [0.5, 0.6) is 0 Å². The number of furan rings is 2. The van der Waals surface area contributed by atoms with Crippen molar-refractivity contribution >= 4 is 33.3 Å². The first-order chi connectivity index (χ1) is 7.93. The lowest BCUT2D eigenvalue weighted by Gasteiger charge is -2.10. The number of hydrogen-bond donors (Lipinski definition) is 0. The highest BCUT2D eigenvalue weighted by atomic mass is 32.2. The summed E-state index contributed by atoms with van der Waals surface area (Å²) < 4.78 is 10.8. The molecule has 0 radical (unpaired) electrons. The van der Waals surface area contributed by atoms with Crippen molar-refractivity contribution in [1.29, 1.82) is 0 Å². The summed E-state index contributed by atoms with van der Waals surface area (Å²) in [5, 5.41) is 4.16. The van der Waals surface area contributed by atoms with Crippen molar-refractivity contribution in [2.24, 2.45) is 0 Å². The van der Waals surface area contributed by atoms with Gasteiger partial charge in [0, 0.05) is 0 Å². The van der Waals surface area contributed by atoms with E-state index in [1.54, 1.807) is 36.1 Å². The van der Waals surface area contributed by atoms with E-state index in [-0.39, 0.29) is 0 Å². The van der Waals surface area contributed by atoms with Crippen molar-refractivity contribution in [3.05, 3.63) is 59.1 Å². The molecule has 16 heavy (non-hydrogen) atoms. The zero-order chi connectivity index (χ0) is 10.8. The second-order valence-electron chi connectivity index (χ2n) is 3.16. The van der Waals surface area contributed by atoms with Crippen molar-refractivity contribution in [2.45, 2.75) is 0 Å². The lowest BCUT2D eigenvalue weighted by Crippen LogP contribution is -1.82. The van der Waals surface area contributed by atoms with E-state index in [2.05, 4.69) is 10.8 Å². The highest BCUT2D eigenvalue weighted by Gasteiger charge is 2.15. The number of hydrogen-bond acceptors (Lipinski definition) is 4. The Bertz CT molecular complexity index is 473. The van der Waals surface area contributed by atoms with E-state index in [1.165, 1.54) is 0 Å². The number of rotatable bonds is 2. The van der Waals surface area contributed by atoms with Crippen LogP contribution >= 0.6 is 23.5 Å². The van der Waals surface area contributed by atoms with E-state index in [1.807, 2.05) is 24.3 Å². The predicted octanol–water partition coefficient (Wildman–Crippen LogP) is 4.65. The molecule has 2 aromatic heterocycles. The van der Waals surface area contributed by atoms with Gasteiger partial charge < -0.3 is 8.83 Å². The maximum Gasteiger partial charge on any atom is 0.141 e. The minimum Gasteiger partial charge on any atom is -0.464 e. The summed E-state index contributed by atoms with van der Waals surface area (Å²) in [6.07, 6.45) is 3.37. The van der Waals surface area contributed by atoms with Gasteiger partial charge in [0.25, 0.3) is 0 Å². The molecule has 2 aromatic rings. The second-order valence-corrected chi connectivity index (χ2v) is 4.98. The maximum atomic E-state index is 5.38. The molecule has 4 heteroatoms. The van der Waals surface area contributed by atoms with Crippen LogP contribution in [0.15, 0.2) is 56.4 Å². The molecule has 0 aromatic carbocycles. The van der Waals surface area contributed by atoms with Gasteiger partial charge in [-0.05, 0) is 35.1 Å². The molecule has 1 aliphatic heterocycles. The first-order valence-corrected chi connectivity index (χ1v) is 6.51. The van der Waals surface area contributed by atoms with Gasteiger partial charge in [-0.25, -0.2) is 0 Å². The SMILES string of the molecule is C1=C(c2ccco2)SC(c2ccco2)=CS1. The van der Waals surface area contributed by atoms with Gasteiger partial charge in [-0.3, -0.25) is 0 Å². The molecule has 3 rings (SSSR count). The third kappa shape index (κ3) is 1.86. The van der Waals surface area contributed by atoms with E-state index < -0.39 is 0 Å². The van der Waals surface area contributed by atoms with E-state index in [4.69, 9.17) is 8.83 Å². The molecule has 0 saturated heterocycles. The molecule has 0 atom stereocenters. The van der Waals surface area contributed by atoms with E-state index in [0.717, 1.165) is 21.3 Å². The predicted molar refractivity (Wildman–Crippen MR) is 68.6 cm³/mol. The average molecular weight is 248 g/mol. The highest BCUT2D eigenvalue weighted by Crippen LogP contribution is 2.45. The van der Waals surface area contributed by atoms with Gasteiger partial charge in [0.1, 0.15) is 11.5 Å². The third-order valence-electron chi connectivity index (χ3n) is 2.10. The van der Waals surface area contributed by atoms with Crippen LogP contribution in [0.2, 0.25) is 0 Å². The van der Waals surface area contributed by atoms with Crippen LogP contribution in [-0.2, 0) is 0 Å². The molecule has 1 aliphatic rings. The van der Waals surface area contributed by atoms with Crippen LogP contribution in [0.25, 0.3) is 9.81 Å². The Morgan fingerprint density at radius 1 is 0.812 bits per heavy atom. The Hall–Kier alpha value is -1.26. The van der Waals surface area contributed by atoms with Crippen molar-refractivity contribution in [2.75, 3.05) is 0 Å². The Morgan fingerprint density at radius 2 is 1.38 bits per heavy atom. The van der Waals surface area contributed by atoms with Gasteiger partial charge in [0.15, 0.2) is 0 Å². The molecule has 0 fully saturated rings. The zero-order valence-electron chi connectivity index (χ0n) is 8.25. The lowest BCUT2D eigenvalue weighted by atomic mass is 10.4. The van der Waals surface area contributed by atoms with Crippen LogP contribution in [0.4, 0.5) is 0 Å². The molecular formula is C12H8O2S2. The Morgan fingerprint density at radius 3 is 1.81 bits per heavy atom. The van der Waals surface area contributed by atoms with Gasteiger partial charge in [0.05, 0.1) is 22.3 Å². The quantitative estimate of drug-likeness (QED) is 0.772. The van der Waals surface area contributed by atoms with Crippen molar-refractivity contribution in [3.63, 3.8) is 0 Å². The van der Waals surface area contributed by atoms with Gasteiger partial charge in [-0.1, -0.05) is 11.8 Å². The Kier molecular flexibility index (Phi) is 2.68. The Labute approximate surface area is 101 Å². The molecule has 0 unspecified atom stereocenters. The molecule has 0 N–H and O–H groups in total. The minimum atomic E-state index is 0.898. The summed E-state index contributed by atoms with van der Waals surface area (Å²) in [6.45, 7) is 0. The van der Waals surface area contributed by atoms with E-state index >= 15 is 0 Å². The van der Waals surface area contributed by atoms with Gasteiger partial charge in [0.2, 0.25) is 0 Å². The summed E-state index contributed by atoms with van der Waals surface area (Å²) in [7, 11) is 0. The molecule has 0 amide bonds. The van der Waals surface area contributed by atoms with Crippen molar-refractivity contribution in [1.82, 2.24) is 0 Å². The van der Waals surface area contributed by atoms with Crippen LogP contribution in [0.3, 0.4) is 0 Å². The van der Waals surface area contributed by atoms with Crippen LogP contribution < -0.4 is 0 Å². The van der Waals surface area contributed by atoms with Gasteiger partial charge >= 0.3 is 0 Å². The van der Waals surface area contributed by atoms with Crippen LogP contribution in [0, 0.1) is 0 Å². The summed E-state index contributed by atoms with van der Waals surface area (Å²) in [5.74, 6) is 1.80. The molecule has 2 nitrogen and oxygen atoms in total. The largest absolute Gasteiger partial charge is 0.464 e. The first-order valence-electron chi connectivity index (χ1n) is 4.75. The standard InChI is InChI=1S/C12H8O2S2/c1-3-9(13-5-1)11-7-15-8-12(16-11)10-4-2-6-14-10/h1-8H. The van der Waals surface area contributed by atoms with Crippen LogP contribution in [0.1, 0.15) is 11.5 Å². The molecule has 80 valence electrons. The zero-order valence-corrected chi connectivity index (χ0v) is 9.88. The fourth-order valence-electron chi connectivity index (χ4n) is 1.38. The third-order valence-corrected chi connectivity index (χ3v) is 4.22. The summed E-state index contributed by atoms with van der Waals surface area (Å²) >= 11 is 3.30. The molecule has 0 aliphatic carbocycles. The van der Waals surface area contributed by atoms with Gasteiger partial charge in [-0.15, -0.1) is 11.8 Å². The van der Waals surface area contributed by atoms with E-state index in [9.17, 15) is 0 Å². The highest BCUT2D eigenvalue weighted by molar-refractivity contribution is 8.20. The average Bonchev–Trinajstić information content (AvgIpc) is 3.03. The topological polar surface area (TPSA) is 26.3 Å². The lowest BCUT2D eigenvalue weighted by molar-refractivity contribution is 0.555. The normalized spacial score (nSPS) is 15.8. The molecule has 3 heterocycles. The fourth-order valence-corrected chi connectivity index (χ4v) is 3.31. The van der Waals surface area contributed by atoms with Crippen molar-refractivity contribution < 1.29 is 8.83 Å². The first kappa shape index (κ1) is 9.93. The fraction of sp³-hybridized carbons (Fsp3) is 0.